The lowest BCUT2D eigenvalue weighted by atomic mass is 10.00. The van der Waals surface area contributed by atoms with Crippen LogP contribution in [0.25, 0.3) is 11.1 Å². The van der Waals surface area contributed by atoms with Crippen molar-refractivity contribution in [3.8, 4) is 11.1 Å². The van der Waals surface area contributed by atoms with E-state index < -0.39 is 0 Å². The van der Waals surface area contributed by atoms with E-state index in [1.807, 2.05) is 17.0 Å². The number of aliphatic hydroxyl groups is 2. The zero-order valence-electron chi connectivity index (χ0n) is 12.5. The number of benzene rings is 1. The van der Waals surface area contributed by atoms with Gasteiger partial charge in [0.2, 0.25) is 0 Å². The van der Waals surface area contributed by atoms with Gasteiger partial charge in [0.1, 0.15) is 6.26 Å². The molecule has 22 heavy (non-hydrogen) atoms. The van der Waals surface area contributed by atoms with Crippen LogP contribution in [0.5, 0.6) is 0 Å². The van der Waals surface area contributed by atoms with Crippen molar-refractivity contribution in [2.75, 3.05) is 36.9 Å². The predicted octanol–water partition coefficient (Wildman–Crippen LogP) is 1.52. The quantitative estimate of drug-likeness (QED) is 0.530. The number of nitrogens with zero attached hydrogens (tertiary/aromatic N) is 1. The minimum atomic E-state index is -0.101. The summed E-state index contributed by atoms with van der Waals surface area (Å²) in [6.45, 7) is 2.22. The second kappa shape index (κ2) is 7.11. The van der Waals surface area contributed by atoms with Crippen molar-refractivity contribution < 1.29 is 19.4 Å². The standard InChI is InChI=1S/C16H20N2O4/c1-11(21)14-9-22-10-15(14)13-8-12(2-3-16(13)17)18(4-6-19)5-7-20/h2-3,8-10,19-20H,4-7,17H2,1H3. The van der Waals surface area contributed by atoms with Crippen LogP contribution in [0.4, 0.5) is 11.4 Å². The van der Waals surface area contributed by atoms with Crippen LogP contribution < -0.4 is 10.6 Å². The Balaban J connectivity index is 2.46. The Kier molecular flexibility index (Phi) is 5.19. The molecule has 1 aromatic carbocycles. The number of anilines is 2. The van der Waals surface area contributed by atoms with E-state index in [0.29, 0.717) is 35.5 Å². The zero-order valence-corrected chi connectivity index (χ0v) is 12.5. The smallest absolute Gasteiger partial charge is 0.163 e. The highest BCUT2D eigenvalue weighted by atomic mass is 16.3. The van der Waals surface area contributed by atoms with Crippen molar-refractivity contribution in [2.45, 2.75) is 6.92 Å². The van der Waals surface area contributed by atoms with Gasteiger partial charge in [0.15, 0.2) is 5.78 Å². The number of nitrogens with two attached hydrogens (primary N) is 1. The molecule has 0 unspecified atom stereocenters. The van der Waals surface area contributed by atoms with E-state index in [-0.39, 0.29) is 19.0 Å². The maximum atomic E-state index is 11.7. The summed E-state index contributed by atoms with van der Waals surface area (Å²) in [5.74, 6) is -0.101. The molecule has 0 aliphatic heterocycles. The summed E-state index contributed by atoms with van der Waals surface area (Å²) in [6, 6.07) is 5.39. The Morgan fingerprint density at radius 1 is 1.18 bits per heavy atom. The summed E-state index contributed by atoms with van der Waals surface area (Å²) in [7, 11) is 0. The van der Waals surface area contributed by atoms with Gasteiger partial charge in [-0.15, -0.1) is 0 Å². The molecule has 6 heteroatoms. The maximum absolute atomic E-state index is 11.7. The number of nitrogen functional groups attached to an aromatic ring is 1. The van der Waals surface area contributed by atoms with Crippen LogP contribution in [-0.4, -0.2) is 42.3 Å². The summed E-state index contributed by atoms with van der Waals surface area (Å²) in [5, 5.41) is 18.3. The molecular weight excluding hydrogens is 284 g/mol. The molecular formula is C16H20N2O4. The highest BCUT2D eigenvalue weighted by molar-refractivity contribution is 6.02. The summed E-state index contributed by atoms with van der Waals surface area (Å²) in [5.41, 5.74) is 9.17. The molecule has 0 saturated heterocycles. The molecule has 0 amide bonds. The summed E-state index contributed by atoms with van der Waals surface area (Å²) < 4.78 is 5.14. The van der Waals surface area contributed by atoms with Gasteiger partial charge in [-0.25, -0.2) is 0 Å². The first-order chi connectivity index (χ1) is 10.6. The monoisotopic (exact) mass is 304 g/mol. The van der Waals surface area contributed by atoms with Gasteiger partial charge in [0.25, 0.3) is 0 Å². The molecule has 0 saturated carbocycles. The molecule has 4 N–H and O–H groups in total. The summed E-state index contributed by atoms with van der Waals surface area (Å²) in [6.07, 6.45) is 2.90. The molecule has 6 nitrogen and oxygen atoms in total. The van der Waals surface area contributed by atoms with Crippen molar-refractivity contribution in [1.82, 2.24) is 0 Å². The Labute approximate surface area is 128 Å². The molecule has 0 radical (unpaired) electrons. The number of hydrogen-bond acceptors (Lipinski definition) is 6. The topological polar surface area (TPSA) is 99.9 Å². The van der Waals surface area contributed by atoms with E-state index in [9.17, 15) is 4.79 Å². The fourth-order valence-corrected chi connectivity index (χ4v) is 2.36. The molecule has 0 aliphatic carbocycles. The average Bonchev–Trinajstić information content (AvgIpc) is 2.97. The van der Waals surface area contributed by atoms with E-state index >= 15 is 0 Å². The second-order valence-electron chi connectivity index (χ2n) is 4.96. The van der Waals surface area contributed by atoms with Gasteiger partial charge in [0, 0.05) is 35.6 Å². The third kappa shape index (κ3) is 3.29. The van der Waals surface area contributed by atoms with Crippen LogP contribution in [0.2, 0.25) is 0 Å². The Hall–Kier alpha value is -2.31. The van der Waals surface area contributed by atoms with Crippen molar-refractivity contribution in [1.29, 1.82) is 0 Å². The second-order valence-corrected chi connectivity index (χ2v) is 4.96. The fraction of sp³-hybridized carbons (Fsp3) is 0.312. The third-order valence-electron chi connectivity index (χ3n) is 3.47. The van der Waals surface area contributed by atoms with Gasteiger partial charge in [-0.3, -0.25) is 4.79 Å². The lowest BCUT2D eigenvalue weighted by Gasteiger charge is -2.24. The molecule has 0 bridgehead atoms. The van der Waals surface area contributed by atoms with Gasteiger partial charge in [-0.2, -0.15) is 0 Å². The number of carbonyl (C=O) groups is 1. The van der Waals surface area contributed by atoms with E-state index in [4.69, 9.17) is 20.4 Å². The highest BCUT2D eigenvalue weighted by Crippen LogP contribution is 2.33. The maximum Gasteiger partial charge on any atom is 0.163 e. The number of carbonyl (C=O) groups excluding carboxylic acids is 1. The lowest BCUT2D eigenvalue weighted by molar-refractivity contribution is 0.101. The third-order valence-corrected chi connectivity index (χ3v) is 3.47. The van der Waals surface area contributed by atoms with Crippen molar-refractivity contribution in [2.24, 2.45) is 0 Å². The van der Waals surface area contributed by atoms with Crippen LogP contribution in [0.15, 0.2) is 35.1 Å². The number of hydrogen-bond donors (Lipinski definition) is 3. The van der Waals surface area contributed by atoms with Crippen LogP contribution in [0.3, 0.4) is 0 Å². The number of Topliss-reactive ketones (excluding diaryl/α,β-unsaturated/α-hetero) is 1. The van der Waals surface area contributed by atoms with Gasteiger partial charge < -0.3 is 25.3 Å². The minimum Gasteiger partial charge on any atom is -0.471 e. The molecule has 1 aromatic heterocycles. The molecule has 0 atom stereocenters. The molecule has 0 spiro atoms. The van der Waals surface area contributed by atoms with Crippen molar-refractivity contribution in [3.05, 3.63) is 36.3 Å². The highest BCUT2D eigenvalue weighted by Gasteiger charge is 2.16. The first-order valence-corrected chi connectivity index (χ1v) is 7.02. The van der Waals surface area contributed by atoms with Gasteiger partial charge in [0.05, 0.1) is 25.0 Å². The molecule has 1 heterocycles. The largest absolute Gasteiger partial charge is 0.471 e. The first kappa shape index (κ1) is 16.1. The lowest BCUT2D eigenvalue weighted by Crippen LogP contribution is -2.29. The molecule has 2 rings (SSSR count). The molecule has 0 fully saturated rings. The fourth-order valence-electron chi connectivity index (χ4n) is 2.36. The van der Waals surface area contributed by atoms with Crippen LogP contribution >= 0.6 is 0 Å². The normalized spacial score (nSPS) is 10.7. The first-order valence-electron chi connectivity index (χ1n) is 7.02. The minimum absolute atomic E-state index is 0.0237. The van der Waals surface area contributed by atoms with Crippen LogP contribution in [0.1, 0.15) is 17.3 Å². The number of ketones is 1. The zero-order chi connectivity index (χ0) is 16.1. The predicted molar refractivity (Wildman–Crippen MR) is 84.9 cm³/mol. The Bertz CT molecular complexity index is 645. The summed E-state index contributed by atoms with van der Waals surface area (Å²) >= 11 is 0. The molecule has 118 valence electrons. The van der Waals surface area contributed by atoms with Gasteiger partial charge in [-0.05, 0) is 25.1 Å². The number of furan rings is 1. The van der Waals surface area contributed by atoms with Crippen LogP contribution in [0, 0.1) is 0 Å². The summed E-state index contributed by atoms with van der Waals surface area (Å²) in [4.78, 5) is 13.5. The number of rotatable bonds is 7. The SMILES string of the molecule is CC(=O)c1cocc1-c1cc(N(CCO)CCO)ccc1N. The Morgan fingerprint density at radius 3 is 2.45 bits per heavy atom. The van der Waals surface area contributed by atoms with Gasteiger partial charge >= 0.3 is 0 Å². The van der Waals surface area contributed by atoms with E-state index in [2.05, 4.69) is 0 Å². The Morgan fingerprint density at radius 2 is 1.86 bits per heavy atom. The van der Waals surface area contributed by atoms with Crippen molar-refractivity contribution >= 4 is 17.2 Å². The van der Waals surface area contributed by atoms with E-state index in [0.717, 1.165) is 5.69 Å². The average molecular weight is 304 g/mol. The van der Waals surface area contributed by atoms with Gasteiger partial charge in [-0.1, -0.05) is 0 Å². The molecule has 2 aromatic rings. The molecule has 0 aliphatic rings. The van der Waals surface area contributed by atoms with Crippen LogP contribution in [-0.2, 0) is 0 Å². The van der Waals surface area contributed by atoms with Crippen molar-refractivity contribution in [3.63, 3.8) is 0 Å². The van der Waals surface area contributed by atoms with E-state index in [1.54, 1.807) is 6.07 Å². The number of aliphatic hydroxyl groups excluding tert-OH is 2. The van der Waals surface area contributed by atoms with E-state index in [1.165, 1.54) is 19.5 Å².